The minimum atomic E-state index is -0.352. The molecule has 0 unspecified atom stereocenters. The van der Waals surface area contributed by atoms with Crippen LogP contribution in [-0.4, -0.2) is 19.7 Å². The summed E-state index contributed by atoms with van der Waals surface area (Å²) < 4.78 is 10.3. The number of methoxy groups -OCH3 is 1. The number of fused-ring (bicyclic) bond motifs is 1. The molecule has 0 aliphatic heterocycles. The Morgan fingerprint density at radius 2 is 1.90 bits per heavy atom. The number of hydrogen-bond donors (Lipinski definition) is 0. The molecule has 21 heavy (non-hydrogen) atoms. The van der Waals surface area contributed by atoms with Crippen molar-refractivity contribution in [3.63, 3.8) is 0 Å². The zero-order valence-corrected chi connectivity index (χ0v) is 12.5. The summed E-state index contributed by atoms with van der Waals surface area (Å²) in [6, 6.07) is 12.1. The lowest BCUT2D eigenvalue weighted by Gasteiger charge is -2.07. The SMILES string of the molecule is CCCCOc1ccc2cc(/C=C/C(=O)OC)ccc2c1. The number of unbranched alkanes of at least 4 members (excludes halogenated alkanes) is 1. The zero-order chi connectivity index (χ0) is 15.1. The molecule has 3 heteroatoms. The van der Waals surface area contributed by atoms with E-state index >= 15 is 0 Å². The molecule has 0 bridgehead atoms. The van der Waals surface area contributed by atoms with Crippen LogP contribution in [0.15, 0.2) is 42.5 Å². The highest BCUT2D eigenvalue weighted by Gasteiger charge is 1.99. The molecule has 0 saturated heterocycles. The van der Waals surface area contributed by atoms with Crippen molar-refractivity contribution >= 4 is 22.8 Å². The largest absolute Gasteiger partial charge is 0.494 e. The lowest BCUT2D eigenvalue weighted by atomic mass is 10.1. The lowest BCUT2D eigenvalue weighted by Crippen LogP contribution is -1.96. The van der Waals surface area contributed by atoms with E-state index in [1.807, 2.05) is 36.4 Å². The smallest absolute Gasteiger partial charge is 0.330 e. The summed E-state index contributed by atoms with van der Waals surface area (Å²) in [7, 11) is 1.37. The van der Waals surface area contributed by atoms with E-state index < -0.39 is 0 Å². The molecule has 0 radical (unpaired) electrons. The molecule has 110 valence electrons. The summed E-state index contributed by atoms with van der Waals surface area (Å²) in [5.41, 5.74) is 0.965. The number of ether oxygens (including phenoxy) is 2. The highest BCUT2D eigenvalue weighted by atomic mass is 16.5. The van der Waals surface area contributed by atoms with Crippen molar-refractivity contribution < 1.29 is 14.3 Å². The van der Waals surface area contributed by atoms with Crippen LogP contribution in [-0.2, 0) is 9.53 Å². The van der Waals surface area contributed by atoms with Gasteiger partial charge in [-0.15, -0.1) is 0 Å². The average Bonchev–Trinajstić information content (AvgIpc) is 2.52. The third-order valence-corrected chi connectivity index (χ3v) is 3.22. The Morgan fingerprint density at radius 3 is 2.67 bits per heavy atom. The Bertz CT molecular complexity index is 644. The van der Waals surface area contributed by atoms with E-state index in [9.17, 15) is 4.79 Å². The van der Waals surface area contributed by atoms with E-state index in [-0.39, 0.29) is 5.97 Å². The van der Waals surface area contributed by atoms with Gasteiger partial charge in [-0.25, -0.2) is 4.79 Å². The standard InChI is InChI=1S/C18H20O3/c1-3-4-11-21-17-9-8-15-12-14(5-7-16(15)13-17)6-10-18(19)20-2/h5-10,12-13H,3-4,11H2,1-2H3/b10-6+. The molecule has 0 aliphatic carbocycles. The topological polar surface area (TPSA) is 35.5 Å². The molecule has 0 aliphatic rings. The second-order valence-electron chi connectivity index (χ2n) is 4.83. The summed E-state index contributed by atoms with van der Waals surface area (Å²) in [5.74, 6) is 0.545. The van der Waals surface area contributed by atoms with Gasteiger partial charge in [-0.3, -0.25) is 0 Å². The first-order valence-corrected chi connectivity index (χ1v) is 7.15. The summed E-state index contributed by atoms with van der Waals surface area (Å²) >= 11 is 0. The van der Waals surface area contributed by atoms with E-state index in [0.717, 1.165) is 41.5 Å². The second kappa shape index (κ2) is 7.48. The number of esters is 1. The van der Waals surface area contributed by atoms with Gasteiger partial charge in [0, 0.05) is 6.08 Å². The van der Waals surface area contributed by atoms with E-state index in [0.29, 0.717) is 0 Å². The summed E-state index contributed by atoms with van der Waals surface area (Å²) in [6.45, 7) is 2.90. The van der Waals surface area contributed by atoms with Gasteiger partial charge in [-0.05, 0) is 47.0 Å². The Morgan fingerprint density at radius 1 is 1.14 bits per heavy atom. The fraction of sp³-hybridized carbons (Fsp3) is 0.278. The molecular formula is C18H20O3. The number of benzene rings is 2. The zero-order valence-electron chi connectivity index (χ0n) is 12.5. The Hall–Kier alpha value is -2.29. The predicted octanol–water partition coefficient (Wildman–Crippen LogP) is 4.20. The predicted molar refractivity (Wildman–Crippen MR) is 85.4 cm³/mol. The summed E-state index contributed by atoms with van der Waals surface area (Å²) in [5, 5.41) is 2.24. The monoisotopic (exact) mass is 284 g/mol. The quantitative estimate of drug-likeness (QED) is 0.453. The van der Waals surface area contributed by atoms with Crippen molar-refractivity contribution in [1.82, 2.24) is 0 Å². The minimum Gasteiger partial charge on any atom is -0.494 e. The number of hydrogen-bond acceptors (Lipinski definition) is 3. The van der Waals surface area contributed by atoms with Gasteiger partial charge in [-0.1, -0.05) is 31.5 Å². The van der Waals surface area contributed by atoms with Crippen LogP contribution in [0.1, 0.15) is 25.3 Å². The van der Waals surface area contributed by atoms with Crippen LogP contribution in [0, 0.1) is 0 Å². The maximum atomic E-state index is 11.1. The first-order valence-electron chi connectivity index (χ1n) is 7.15. The molecule has 0 heterocycles. The Labute approximate surface area is 125 Å². The number of carbonyl (C=O) groups is 1. The molecule has 2 aromatic rings. The molecule has 0 spiro atoms. The van der Waals surface area contributed by atoms with E-state index in [1.54, 1.807) is 6.08 Å². The number of rotatable bonds is 6. The van der Waals surface area contributed by atoms with Crippen molar-refractivity contribution in [3.8, 4) is 5.75 Å². The van der Waals surface area contributed by atoms with Gasteiger partial charge < -0.3 is 9.47 Å². The fourth-order valence-electron chi connectivity index (χ4n) is 2.00. The third kappa shape index (κ3) is 4.35. The average molecular weight is 284 g/mol. The van der Waals surface area contributed by atoms with Crippen molar-refractivity contribution in [3.05, 3.63) is 48.0 Å². The van der Waals surface area contributed by atoms with Crippen molar-refractivity contribution in [2.24, 2.45) is 0 Å². The van der Waals surface area contributed by atoms with Crippen LogP contribution < -0.4 is 4.74 Å². The molecule has 0 atom stereocenters. The van der Waals surface area contributed by atoms with Crippen molar-refractivity contribution in [2.75, 3.05) is 13.7 Å². The van der Waals surface area contributed by atoms with Gasteiger partial charge in [0.2, 0.25) is 0 Å². The van der Waals surface area contributed by atoms with Crippen LogP contribution >= 0.6 is 0 Å². The third-order valence-electron chi connectivity index (χ3n) is 3.22. The van der Waals surface area contributed by atoms with Crippen molar-refractivity contribution in [1.29, 1.82) is 0 Å². The van der Waals surface area contributed by atoms with E-state index in [2.05, 4.69) is 11.7 Å². The second-order valence-corrected chi connectivity index (χ2v) is 4.83. The molecule has 3 nitrogen and oxygen atoms in total. The van der Waals surface area contributed by atoms with E-state index in [4.69, 9.17) is 4.74 Å². The molecule has 0 fully saturated rings. The maximum Gasteiger partial charge on any atom is 0.330 e. The van der Waals surface area contributed by atoms with Gasteiger partial charge in [-0.2, -0.15) is 0 Å². The molecule has 0 aromatic heterocycles. The van der Waals surface area contributed by atoms with Crippen LogP contribution in [0.3, 0.4) is 0 Å². The van der Waals surface area contributed by atoms with Crippen LogP contribution in [0.4, 0.5) is 0 Å². The van der Waals surface area contributed by atoms with Gasteiger partial charge in [0.05, 0.1) is 13.7 Å². The first-order chi connectivity index (χ1) is 10.2. The van der Waals surface area contributed by atoms with Crippen molar-refractivity contribution in [2.45, 2.75) is 19.8 Å². The molecule has 0 N–H and O–H groups in total. The normalized spacial score (nSPS) is 11.0. The maximum absolute atomic E-state index is 11.1. The molecule has 0 amide bonds. The molecule has 0 saturated carbocycles. The Balaban J connectivity index is 2.15. The Kier molecular flexibility index (Phi) is 5.38. The lowest BCUT2D eigenvalue weighted by molar-refractivity contribution is -0.134. The van der Waals surface area contributed by atoms with Crippen LogP contribution in [0.2, 0.25) is 0 Å². The first kappa shape index (κ1) is 15.1. The van der Waals surface area contributed by atoms with Crippen LogP contribution in [0.5, 0.6) is 5.75 Å². The van der Waals surface area contributed by atoms with Gasteiger partial charge in [0.15, 0.2) is 0 Å². The summed E-state index contributed by atoms with van der Waals surface area (Å²) in [6.07, 6.45) is 5.36. The molecular weight excluding hydrogens is 264 g/mol. The van der Waals surface area contributed by atoms with Gasteiger partial charge >= 0.3 is 5.97 Å². The highest BCUT2D eigenvalue weighted by Crippen LogP contribution is 2.22. The molecule has 2 rings (SSSR count). The molecule has 2 aromatic carbocycles. The summed E-state index contributed by atoms with van der Waals surface area (Å²) in [4.78, 5) is 11.1. The highest BCUT2D eigenvalue weighted by molar-refractivity contribution is 5.90. The fourth-order valence-corrected chi connectivity index (χ4v) is 2.00. The van der Waals surface area contributed by atoms with Crippen LogP contribution in [0.25, 0.3) is 16.8 Å². The van der Waals surface area contributed by atoms with Gasteiger partial charge in [0.1, 0.15) is 5.75 Å². The van der Waals surface area contributed by atoms with E-state index in [1.165, 1.54) is 13.2 Å². The minimum absolute atomic E-state index is 0.352. The number of carbonyl (C=O) groups excluding carboxylic acids is 1. The van der Waals surface area contributed by atoms with Gasteiger partial charge in [0.25, 0.3) is 0 Å².